The molecule has 5 aromatic rings. The third-order valence-corrected chi connectivity index (χ3v) is 8.97. The molecular weight excluding hydrogens is 693 g/mol. The highest BCUT2D eigenvalue weighted by Gasteiger charge is 2.19. The first-order valence-electron chi connectivity index (χ1n) is 18.8. The molecule has 0 saturated heterocycles. The van der Waals surface area contributed by atoms with Crippen molar-refractivity contribution >= 4 is 29.3 Å². The second-order valence-corrected chi connectivity index (χ2v) is 13.3. The van der Waals surface area contributed by atoms with Crippen LogP contribution in [0.1, 0.15) is 83.4 Å². The summed E-state index contributed by atoms with van der Waals surface area (Å²) in [6.07, 6.45) is 6.16. The average Bonchev–Trinajstić information content (AvgIpc) is 3.20. The van der Waals surface area contributed by atoms with Crippen LogP contribution in [0.15, 0.2) is 127 Å². The zero-order valence-electron chi connectivity index (χ0n) is 31.4. The molecule has 1 atom stereocenters. The van der Waals surface area contributed by atoms with Gasteiger partial charge < -0.3 is 24.8 Å². The van der Waals surface area contributed by atoms with E-state index in [4.69, 9.17) is 14.2 Å². The number of unbranched alkanes of at least 4 members (excludes halogenated alkanes) is 4. The zero-order valence-corrected chi connectivity index (χ0v) is 31.4. The summed E-state index contributed by atoms with van der Waals surface area (Å²) in [5.74, 6) is 0.364. The van der Waals surface area contributed by atoms with Gasteiger partial charge in [-0.1, -0.05) is 93.3 Å². The molecule has 0 fully saturated rings. The van der Waals surface area contributed by atoms with E-state index >= 15 is 0 Å². The number of ether oxygens (including phenoxy) is 3. The van der Waals surface area contributed by atoms with Crippen molar-refractivity contribution in [2.75, 3.05) is 11.9 Å². The molecule has 0 heterocycles. The normalized spacial score (nSPS) is 11.2. The first kappa shape index (κ1) is 40.0. The summed E-state index contributed by atoms with van der Waals surface area (Å²) in [5.41, 5.74) is 3.84. The van der Waals surface area contributed by atoms with Crippen molar-refractivity contribution in [2.24, 2.45) is 0 Å². The number of ketones is 1. The van der Waals surface area contributed by atoms with E-state index in [1.54, 1.807) is 72.8 Å². The van der Waals surface area contributed by atoms with E-state index in [0.717, 1.165) is 29.5 Å². The average molecular weight is 741 g/mol. The number of Topliss-reactive ketones (excluding diaryl/α,β-unsaturated/α-hetero) is 1. The van der Waals surface area contributed by atoms with E-state index in [1.165, 1.54) is 26.2 Å². The van der Waals surface area contributed by atoms with Gasteiger partial charge in [0, 0.05) is 16.8 Å². The van der Waals surface area contributed by atoms with Gasteiger partial charge in [-0.25, -0.2) is 4.79 Å². The summed E-state index contributed by atoms with van der Waals surface area (Å²) < 4.78 is 17.3. The van der Waals surface area contributed by atoms with E-state index in [-0.39, 0.29) is 24.5 Å². The molecule has 9 nitrogen and oxygen atoms in total. The van der Waals surface area contributed by atoms with Crippen molar-refractivity contribution in [1.82, 2.24) is 5.32 Å². The molecule has 0 saturated carbocycles. The molecule has 0 spiro atoms. The Morgan fingerprint density at radius 3 is 2.00 bits per heavy atom. The van der Waals surface area contributed by atoms with Crippen LogP contribution in [0.5, 0.6) is 17.2 Å². The zero-order chi connectivity index (χ0) is 38.8. The lowest BCUT2D eigenvalue weighted by atomic mass is 10.0. The van der Waals surface area contributed by atoms with Crippen LogP contribution in [0.4, 0.5) is 5.69 Å². The molecule has 0 bridgehead atoms. The number of benzene rings is 5. The Hall–Kier alpha value is -6.22. The maximum atomic E-state index is 13.1. The summed E-state index contributed by atoms with van der Waals surface area (Å²) in [6, 6.07) is 36.7. The van der Waals surface area contributed by atoms with E-state index in [1.807, 2.05) is 54.6 Å². The Bertz CT molecular complexity index is 1990. The van der Waals surface area contributed by atoms with Crippen molar-refractivity contribution in [3.63, 3.8) is 0 Å². The molecule has 0 unspecified atom stereocenters. The van der Waals surface area contributed by atoms with Crippen molar-refractivity contribution in [3.05, 3.63) is 155 Å². The summed E-state index contributed by atoms with van der Waals surface area (Å²) in [5, 5.41) is 5.69. The van der Waals surface area contributed by atoms with Crippen molar-refractivity contribution in [2.45, 2.75) is 71.4 Å². The number of rotatable bonds is 20. The minimum Gasteiger partial charge on any atom is -0.494 e. The predicted molar refractivity (Wildman–Crippen MR) is 214 cm³/mol. The Kier molecular flexibility index (Phi) is 15.2. The first-order valence-corrected chi connectivity index (χ1v) is 18.8. The summed E-state index contributed by atoms with van der Waals surface area (Å²) in [6.45, 7) is 4.65. The van der Waals surface area contributed by atoms with Crippen LogP contribution in [0, 0.1) is 0 Å². The van der Waals surface area contributed by atoms with Crippen LogP contribution in [-0.4, -0.2) is 36.2 Å². The number of para-hydroxylation sites is 1. The third kappa shape index (κ3) is 13.0. The maximum absolute atomic E-state index is 13.1. The molecule has 0 aliphatic rings. The predicted octanol–water partition coefficient (Wildman–Crippen LogP) is 8.95. The summed E-state index contributed by atoms with van der Waals surface area (Å²) in [7, 11) is 0. The number of anilines is 1. The van der Waals surface area contributed by atoms with Gasteiger partial charge in [0.25, 0.3) is 5.91 Å². The fourth-order valence-electron chi connectivity index (χ4n) is 5.83. The van der Waals surface area contributed by atoms with Gasteiger partial charge in [0.2, 0.25) is 5.91 Å². The van der Waals surface area contributed by atoms with Gasteiger partial charge in [-0.3, -0.25) is 14.4 Å². The fraction of sp³-hybridized carbons (Fsp3) is 0.261. The Morgan fingerprint density at radius 1 is 0.636 bits per heavy atom. The van der Waals surface area contributed by atoms with Crippen molar-refractivity contribution in [3.8, 4) is 17.2 Å². The highest BCUT2D eigenvalue weighted by Crippen LogP contribution is 2.22. The molecule has 5 aromatic carbocycles. The van der Waals surface area contributed by atoms with E-state index < -0.39 is 17.9 Å². The summed E-state index contributed by atoms with van der Waals surface area (Å²) in [4.78, 5) is 51.3. The number of esters is 1. The largest absolute Gasteiger partial charge is 0.494 e. The van der Waals surface area contributed by atoms with Crippen LogP contribution >= 0.6 is 0 Å². The van der Waals surface area contributed by atoms with Crippen molar-refractivity contribution < 1.29 is 33.4 Å². The third-order valence-electron chi connectivity index (χ3n) is 8.97. The number of nitrogens with one attached hydrogen (secondary N) is 2. The van der Waals surface area contributed by atoms with Gasteiger partial charge in [-0.05, 0) is 97.6 Å². The molecule has 5 rings (SSSR count). The van der Waals surface area contributed by atoms with Gasteiger partial charge in [-0.2, -0.15) is 0 Å². The number of carbonyl (C=O) groups excluding carboxylic acids is 4. The maximum Gasteiger partial charge on any atom is 0.343 e. The van der Waals surface area contributed by atoms with Crippen LogP contribution in [0.3, 0.4) is 0 Å². The van der Waals surface area contributed by atoms with E-state index in [9.17, 15) is 19.2 Å². The molecule has 9 heteroatoms. The molecule has 0 aromatic heterocycles. The highest BCUT2D eigenvalue weighted by atomic mass is 16.5. The van der Waals surface area contributed by atoms with Crippen LogP contribution in [0.2, 0.25) is 0 Å². The minimum absolute atomic E-state index is 0.111. The SMILES string of the molecule is CCCCCCCOc1ccc(C(=O)Oc2ccc(C[C@H](NC(=O)c3ccc(NC(=O)Cc4ccccc4OCc4ccccc4)cc3)C(C)=O)cc2)cc1. The monoisotopic (exact) mass is 740 g/mol. The molecule has 2 N–H and O–H groups in total. The number of carbonyl (C=O) groups is 4. The van der Waals surface area contributed by atoms with Crippen molar-refractivity contribution in [1.29, 1.82) is 0 Å². The number of hydrogen-bond acceptors (Lipinski definition) is 7. The Labute approximate surface area is 323 Å². The van der Waals surface area contributed by atoms with Gasteiger partial charge in [0.1, 0.15) is 23.9 Å². The van der Waals surface area contributed by atoms with Gasteiger partial charge in [0.05, 0.1) is 24.6 Å². The number of amides is 2. The van der Waals surface area contributed by atoms with Crippen LogP contribution in [0.25, 0.3) is 0 Å². The van der Waals surface area contributed by atoms with Gasteiger partial charge in [-0.15, -0.1) is 0 Å². The van der Waals surface area contributed by atoms with E-state index in [0.29, 0.717) is 47.3 Å². The topological polar surface area (TPSA) is 120 Å². The standard InChI is InChI=1S/C46H48N2O7/c1-3-4-5-6-12-29-53-40-27-21-37(22-28-40)46(52)55-41-25-17-34(18-26-41)30-42(33(2)49)48-45(51)36-19-23-39(24-20-36)47-44(50)31-38-15-10-11-16-43(38)54-32-35-13-8-7-9-14-35/h7-11,13-28,42H,3-6,12,29-32H2,1-2H3,(H,47,50)(H,48,51)/t42-/m0/s1. The Balaban J connectivity index is 1.08. The lowest BCUT2D eigenvalue weighted by Gasteiger charge is -2.17. The van der Waals surface area contributed by atoms with Crippen LogP contribution in [-0.2, 0) is 29.0 Å². The van der Waals surface area contributed by atoms with E-state index in [2.05, 4.69) is 17.6 Å². The summed E-state index contributed by atoms with van der Waals surface area (Å²) >= 11 is 0. The molecule has 2 amide bonds. The molecule has 0 aliphatic carbocycles. The Morgan fingerprint density at radius 2 is 1.29 bits per heavy atom. The smallest absolute Gasteiger partial charge is 0.343 e. The molecule has 284 valence electrons. The number of hydrogen-bond donors (Lipinski definition) is 2. The highest BCUT2D eigenvalue weighted by molar-refractivity contribution is 5.98. The van der Waals surface area contributed by atoms with Crippen LogP contribution < -0.4 is 24.8 Å². The lowest BCUT2D eigenvalue weighted by Crippen LogP contribution is -2.41. The quantitative estimate of drug-likeness (QED) is 0.0465. The second-order valence-electron chi connectivity index (χ2n) is 13.3. The second kappa shape index (κ2) is 20.9. The minimum atomic E-state index is -0.776. The molecule has 55 heavy (non-hydrogen) atoms. The lowest BCUT2D eigenvalue weighted by molar-refractivity contribution is -0.119. The van der Waals surface area contributed by atoms with Gasteiger partial charge in [0.15, 0.2) is 5.78 Å². The first-order chi connectivity index (χ1) is 26.8. The fourth-order valence-corrected chi connectivity index (χ4v) is 5.83. The molecule has 0 radical (unpaired) electrons. The molecule has 0 aliphatic heterocycles. The van der Waals surface area contributed by atoms with Gasteiger partial charge >= 0.3 is 5.97 Å². The molecular formula is C46H48N2O7.